The van der Waals surface area contributed by atoms with Crippen molar-refractivity contribution in [3.63, 3.8) is 0 Å². The predicted molar refractivity (Wildman–Crippen MR) is 147 cm³/mol. The molecular weight excluding hydrogens is 510 g/mol. The fourth-order valence-electron chi connectivity index (χ4n) is 4.86. The number of fused-ring (bicyclic) bond motifs is 5. The van der Waals surface area contributed by atoms with E-state index >= 15 is 0 Å². The zero-order chi connectivity index (χ0) is 28.1. The monoisotopic (exact) mass is 543 g/mol. The van der Waals surface area contributed by atoms with Gasteiger partial charge in [0.1, 0.15) is 11.5 Å². The fraction of sp³-hybridized carbons (Fsp3) is 0.367. The Bertz CT molecular complexity index is 1410. The van der Waals surface area contributed by atoms with Crippen LogP contribution in [0.15, 0.2) is 55.0 Å². The third-order valence-corrected chi connectivity index (χ3v) is 7.21. The van der Waals surface area contributed by atoms with Crippen LogP contribution in [-0.4, -0.2) is 64.4 Å². The molecule has 3 amide bonds. The molecule has 40 heavy (non-hydrogen) atoms. The molecule has 10 nitrogen and oxygen atoms in total. The SMILES string of the molecule is Cc1cc(C(=O)N2CC[C@@H]3OCc4cccc(c4)Oc4cncc(c4)C(=O)NCCCC(=O)N[C@H]3C2)cnc1C. The van der Waals surface area contributed by atoms with E-state index in [0.717, 1.165) is 16.8 Å². The third kappa shape index (κ3) is 6.63. The van der Waals surface area contributed by atoms with Crippen LogP contribution in [0.1, 0.15) is 56.8 Å². The molecule has 1 aromatic carbocycles. The van der Waals surface area contributed by atoms with E-state index in [1.165, 1.54) is 6.20 Å². The van der Waals surface area contributed by atoms with E-state index in [4.69, 9.17) is 9.47 Å². The van der Waals surface area contributed by atoms with Gasteiger partial charge in [0.05, 0.1) is 36.1 Å². The van der Waals surface area contributed by atoms with E-state index in [1.807, 2.05) is 44.2 Å². The van der Waals surface area contributed by atoms with E-state index in [9.17, 15) is 14.4 Å². The molecule has 0 radical (unpaired) electrons. The molecule has 4 bridgehead atoms. The van der Waals surface area contributed by atoms with Gasteiger partial charge in [-0.3, -0.25) is 24.4 Å². The van der Waals surface area contributed by atoms with Crippen molar-refractivity contribution < 1.29 is 23.9 Å². The molecule has 2 N–H and O–H groups in total. The topological polar surface area (TPSA) is 123 Å². The van der Waals surface area contributed by atoms with Gasteiger partial charge in [0.15, 0.2) is 0 Å². The van der Waals surface area contributed by atoms with Crippen LogP contribution >= 0.6 is 0 Å². The van der Waals surface area contributed by atoms with Gasteiger partial charge >= 0.3 is 0 Å². The number of amides is 3. The lowest BCUT2D eigenvalue weighted by molar-refractivity contribution is -0.124. The number of nitrogens with zero attached hydrogens (tertiary/aromatic N) is 3. The standard InChI is InChI=1S/C30H33N5O5/c1-19-11-23(15-33-20(19)2)30(38)35-10-8-27-26(17-35)34-28(36)7-4-9-32-29(37)22-13-25(16-31-14-22)40-24-6-3-5-21(12-24)18-39-27/h3,5-6,11-16,26-27H,4,7-10,17-18H2,1-2H3,(H,32,37)(H,34,36)/t26-,27-/m0/s1. The Morgan fingerprint density at radius 2 is 1.95 bits per heavy atom. The van der Waals surface area contributed by atoms with Crippen molar-refractivity contribution in [3.05, 3.63) is 82.9 Å². The minimum Gasteiger partial charge on any atom is -0.456 e. The number of aryl methyl sites for hydroxylation is 2. The normalized spacial score (nSPS) is 20.2. The Labute approximate surface area is 233 Å². The van der Waals surface area contributed by atoms with E-state index in [1.54, 1.807) is 23.4 Å². The first-order valence-electron chi connectivity index (χ1n) is 13.5. The number of aromatic nitrogens is 2. The second-order valence-electron chi connectivity index (χ2n) is 10.2. The van der Waals surface area contributed by atoms with Crippen molar-refractivity contribution in [2.75, 3.05) is 19.6 Å². The van der Waals surface area contributed by atoms with Crippen molar-refractivity contribution in [2.24, 2.45) is 0 Å². The highest BCUT2D eigenvalue weighted by atomic mass is 16.5. The Morgan fingerprint density at radius 3 is 2.80 bits per heavy atom. The molecule has 0 spiro atoms. The Hall–Kier alpha value is -4.31. The number of rotatable bonds is 1. The molecule has 1 saturated heterocycles. The molecule has 208 valence electrons. The fourth-order valence-corrected chi connectivity index (χ4v) is 4.86. The molecule has 0 aliphatic carbocycles. The first-order chi connectivity index (χ1) is 19.4. The number of hydrogen-bond donors (Lipinski definition) is 2. The van der Waals surface area contributed by atoms with Crippen LogP contribution in [0.2, 0.25) is 0 Å². The molecule has 4 heterocycles. The Morgan fingerprint density at radius 1 is 1.07 bits per heavy atom. The van der Waals surface area contributed by atoms with Gasteiger partial charge in [-0.2, -0.15) is 0 Å². The first kappa shape index (κ1) is 27.3. The van der Waals surface area contributed by atoms with Crippen molar-refractivity contribution in [3.8, 4) is 11.5 Å². The summed E-state index contributed by atoms with van der Waals surface area (Å²) >= 11 is 0. The molecule has 2 aliphatic rings. The van der Waals surface area contributed by atoms with Gasteiger partial charge in [0, 0.05) is 44.1 Å². The number of hydrogen-bond acceptors (Lipinski definition) is 7. The number of likely N-dealkylation sites (tertiary alicyclic amines) is 1. The molecular formula is C30H33N5O5. The summed E-state index contributed by atoms with van der Waals surface area (Å²) in [4.78, 5) is 49.0. The maximum Gasteiger partial charge on any atom is 0.255 e. The lowest BCUT2D eigenvalue weighted by atomic mass is 10.00. The van der Waals surface area contributed by atoms with Crippen LogP contribution in [0.3, 0.4) is 0 Å². The summed E-state index contributed by atoms with van der Waals surface area (Å²) in [6.45, 7) is 5.30. The third-order valence-electron chi connectivity index (χ3n) is 7.21. The summed E-state index contributed by atoms with van der Waals surface area (Å²) in [7, 11) is 0. The average Bonchev–Trinajstić information content (AvgIpc) is 2.95. The Kier molecular flexibility index (Phi) is 8.35. The zero-order valence-corrected chi connectivity index (χ0v) is 22.7. The van der Waals surface area contributed by atoms with Crippen LogP contribution in [0.5, 0.6) is 11.5 Å². The molecule has 3 aromatic rings. The Balaban J connectivity index is 1.34. The summed E-state index contributed by atoms with van der Waals surface area (Å²) in [5.74, 6) is 0.475. The van der Waals surface area contributed by atoms with Crippen molar-refractivity contribution >= 4 is 17.7 Å². The van der Waals surface area contributed by atoms with E-state index in [-0.39, 0.29) is 36.3 Å². The quantitative estimate of drug-likeness (QED) is 0.483. The van der Waals surface area contributed by atoms with Gasteiger partial charge in [0.2, 0.25) is 5.91 Å². The van der Waals surface area contributed by atoms with Crippen LogP contribution < -0.4 is 15.4 Å². The largest absolute Gasteiger partial charge is 0.456 e. The van der Waals surface area contributed by atoms with Crippen LogP contribution in [0.25, 0.3) is 0 Å². The van der Waals surface area contributed by atoms with E-state index in [2.05, 4.69) is 20.6 Å². The maximum atomic E-state index is 13.3. The summed E-state index contributed by atoms with van der Waals surface area (Å²) in [6, 6.07) is 10.6. The minimum absolute atomic E-state index is 0.118. The first-order valence-corrected chi connectivity index (χ1v) is 13.5. The van der Waals surface area contributed by atoms with Crippen LogP contribution in [-0.2, 0) is 16.1 Å². The lowest BCUT2D eigenvalue weighted by Crippen LogP contribution is -2.57. The summed E-state index contributed by atoms with van der Waals surface area (Å²) < 4.78 is 12.3. The molecule has 10 heteroatoms. The van der Waals surface area contributed by atoms with E-state index in [0.29, 0.717) is 61.7 Å². The van der Waals surface area contributed by atoms with Crippen LogP contribution in [0.4, 0.5) is 0 Å². The number of carbonyl (C=O) groups excluding carboxylic acids is 3. The van der Waals surface area contributed by atoms with E-state index < -0.39 is 0 Å². The smallest absolute Gasteiger partial charge is 0.255 e. The lowest BCUT2D eigenvalue weighted by Gasteiger charge is -2.39. The molecule has 0 saturated carbocycles. The second kappa shape index (κ2) is 12.3. The molecule has 0 unspecified atom stereocenters. The number of piperidine rings is 1. The summed E-state index contributed by atoms with van der Waals surface area (Å²) in [6.07, 6.45) is 5.60. The number of carbonyl (C=O) groups is 3. The van der Waals surface area contributed by atoms with Gasteiger partial charge in [-0.1, -0.05) is 12.1 Å². The van der Waals surface area contributed by atoms with Crippen molar-refractivity contribution in [1.82, 2.24) is 25.5 Å². The van der Waals surface area contributed by atoms with Gasteiger partial charge in [0.25, 0.3) is 11.8 Å². The van der Waals surface area contributed by atoms with Gasteiger partial charge < -0.3 is 25.0 Å². The number of nitrogens with one attached hydrogen (secondary N) is 2. The number of benzene rings is 1. The molecule has 1 fully saturated rings. The highest BCUT2D eigenvalue weighted by molar-refractivity contribution is 5.94. The molecule has 2 atom stereocenters. The molecule has 2 aliphatic heterocycles. The van der Waals surface area contributed by atoms with Gasteiger partial charge in [-0.15, -0.1) is 0 Å². The maximum absolute atomic E-state index is 13.3. The predicted octanol–water partition coefficient (Wildman–Crippen LogP) is 3.33. The minimum atomic E-state index is -0.386. The van der Waals surface area contributed by atoms with Gasteiger partial charge in [-0.25, -0.2) is 0 Å². The van der Waals surface area contributed by atoms with Gasteiger partial charge in [-0.05, 0) is 62.1 Å². The molecule has 5 rings (SSSR count). The van der Waals surface area contributed by atoms with Crippen molar-refractivity contribution in [2.45, 2.75) is 51.9 Å². The molecule has 2 aromatic heterocycles. The summed E-state index contributed by atoms with van der Waals surface area (Å²) in [5.41, 5.74) is 3.63. The summed E-state index contributed by atoms with van der Waals surface area (Å²) in [5, 5.41) is 5.91. The highest BCUT2D eigenvalue weighted by Crippen LogP contribution is 2.24. The number of ether oxygens (including phenoxy) is 2. The van der Waals surface area contributed by atoms with Crippen molar-refractivity contribution in [1.29, 1.82) is 0 Å². The zero-order valence-electron chi connectivity index (χ0n) is 22.7. The van der Waals surface area contributed by atoms with Crippen LogP contribution in [0, 0.1) is 13.8 Å². The second-order valence-corrected chi connectivity index (χ2v) is 10.2. The number of pyridine rings is 2. The average molecular weight is 544 g/mol. The highest BCUT2D eigenvalue weighted by Gasteiger charge is 2.34.